The van der Waals surface area contributed by atoms with Gasteiger partial charge in [-0.05, 0) is 79.0 Å². The van der Waals surface area contributed by atoms with Gasteiger partial charge in [0.2, 0.25) is 11.5 Å². The molecule has 2 aromatic heterocycles. The Labute approximate surface area is 168 Å². The van der Waals surface area contributed by atoms with Gasteiger partial charge in [0, 0.05) is 0 Å². The smallest absolute Gasteiger partial charge is 0.379 e. The summed E-state index contributed by atoms with van der Waals surface area (Å²) in [5.74, 6) is -0.767. The summed E-state index contributed by atoms with van der Waals surface area (Å²) in [5, 5.41) is 0. The van der Waals surface area contributed by atoms with Gasteiger partial charge in [-0.1, -0.05) is 11.6 Å². The van der Waals surface area contributed by atoms with Gasteiger partial charge in [-0.15, -0.1) is 0 Å². The van der Waals surface area contributed by atoms with Crippen molar-refractivity contribution in [3.8, 4) is 5.75 Å². The van der Waals surface area contributed by atoms with E-state index in [9.17, 15) is 9.59 Å². The summed E-state index contributed by atoms with van der Waals surface area (Å²) in [6.45, 7) is 1.85. The van der Waals surface area contributed by atoms with Crippen molar-refractivity contribution in [3.05, 3.63) is 72.7 Å². The molecule has 0 amide bonds. The first-order valence-corrected chi connectivity index (χ1v) is 9.40. The first-order chi connectivity index (χ1) is 11.9. The number of carbonyl (C=O) groups is 2. The van der Waals surface area contributed by atoms with Crippen LogP contribution in [-0.4, -0.2) is 16.7 Å². The molecule has 1 N–H and O–H groups in total. The van der Waals surface area contributed by atoms with Crippen molar-refractivity contribution in [1.82, 2.24) is 4.98 Å². The summed E-state index contributed by atoms with van der Waals surface area (Å²) in [7, 11) is 0. The van der Waals surface area contributed by atoms with E-state index in [4.69, 9.17) is 9.15 Å². The number of ether oxygens (including phenoxy) is 1. The van der Waals surface area contributed by atoms with E-state index >= 15 is 0 Å². The van der Waals surface area contributed by atoms with Crippen LogP contribution in [0.2, 0.25) is 0 Å². The molecular weight excluding hydrogens is 522 g/mol. The molecule has 128 valence electrons. The zero-order chi connectivity index (χ0) is 18.1. The molecule has 0 aliphatic carbocycles. The molecule has 0 saturated heterocycles. The molecule has 0 unspecified atom stereocenters. The fourth-order valence-corrected chi connectivity index (χ4v) is 3.61. The van der Waals surface area contributed by atoms with E-state index in [-0.39, 0.29) is 22.9 Å². The molecular formula is C17H10Br3NO4. The standard InChI is InChI=1S/C17H10Br3NO4/c1-8-4-5-10(25-17(23)11-3-2-6-24-11)9(7-8)15(22)14-12(18)13(19)16(20)21-14/h2-7,21H,1H3. The summed E-state index contributed by atoms with van der Waals surface area (Å²) in [5.41, 5.74) is 1.46. The van der Waals surface area contributed by atoms with E-state index in [1.807, 2.05) is 6.92 Å². The lowest BCUT2D eigenvalue weighted by atomic mass is 10.0. The predicted molar refractivity (Wildman–Crippen MR) is 102 cm³/mol. The highest BCUT2D eigenvalue weighted by Crippen LogP contribution is 2.36. The van der Waals surface area contributed by atoms with Gasteiger partial charge in [-0.3, -0.25) is 4.79 Å². The number of rotatable bonds is 4. The summed E-state index contributed by atoms with van der Waals surface area (Å²) in [6.07, 6.45) is 1.38. The quantitative estimate of drug-likeness (QED) is 0.268. The van der Waals surface area contributed by atoms with Gasteiger partial charge < -0.3 is 14.1 Å². The number of ketones is 1. The molecule has 8 heteroatoms. The van der Waals surface area contributed by atoms with E-state index in [0.29, 0.717) is 19.2 Å². The Balaban J connectivity index is 2.00. The number of H-pyrrole nitrogens is 1. The lowest BCUT2D eigenvalue weighted by molar-refractivity contribution is 0.0699. The number of aryl methyl sites for hydroxylation is 1. The average Bonchev–Trinajstić information content (AvgIpc) is 3.21. The highest BCUT2D eigenvalue weighted by Gasteiger charge is 2.24. The van der Waals surface area contributed by atoms with E-state index in [2.05, 4.69) is 52.8 Å². The van der Waals surface area contributed by atoms with Crippen LogP contribution in [-0.2, 0) is 0 Å². The molecule has 0 spiro atoms. The van der Waals surface area contributed by atoms with E-state index in [0.717, 1.165) is 5.56 Å². The number of hydrogen-bond acceptors (Lipinski definition) is 4. The molecule has 0 saturated carbocycles. The van der Waals surface area contributed by atoms with Crippen LogP contribution in [0.4, 0.5) is 0 Å². The van der Waals surface area contributed by atoms with Gasteiger partial charge in [0.15, 0.2) is 0 Å². The lowest BCUT2D eigenvalue weighted by Crippen LogP contribution is -2.12. The van der Waals surface area contributed by atoms with Crippen molar-refractivity contribution in [2.24, 2.45) is 0 Å². The molecule has 0 aliphatic heterocycles. The molecule has 3 rings (SSSR count). The molecule has 2 heterocycles. The van der Waals surface area contributed by atoms with Gasteiger partial charge in [0.25, 0.3) is 0 Å². The normalized spacial score (nSPS) is 10.7. The van der Waals surface area contributed by atoms with Crippen LogP contribution < -0.4 is 4.74 Å². The van der Waals surface area contributed by atoms with Crippen LogP contribution in [0, 0.1) is 6.92 Å². The Kier molecular flexibility index (Phi) is 5.31. The number of aromatic amines is 1. The number of nitrogens with one attached hydrogen (secondary N) is 1. The minimum Gasteiger partial charge on any atom is -0.457 e. The summed E-state index contributed by atoms with van der Waals surface area (Å²) >= 11 is 10.1. The number of carbonyl (C=O) groups excluding carboxylic acids is 2. The van der Waals surface area contributed by atoms with Crippen molar-refractivity contribution in [3.63, 3.8) is 0 Å². The summed E-state index contributed by atoms with van der Waals surface area (Å²) in [6, 6.07) is 8.10. The third-order valence-corrected chi connectivity index (χ3v) is 6.62. The van der Waals surface area contributed by atoms with Gasteiger partial charge in [0.05, 0.1) is 25.4 Å². The predicted octanol–water partition coefficient (Wildman–Crippen LogP) is 5.65. The zero-order valence-corrected chi connectivity index (χ0v) is 17.5. The first kappa shape index (κ1) is 18.2. The molecule has 0 atom stereocenters. The van der Waals surface area contributed by atoms with Crippen molar-refractivity contribution in [1.29, 1.82) is 0 Å². The molecule has 1 aromatic carbocycles. The van der Waals surface area contributed by atoms with Crippen molar-refractivity contribution >= 4 is 59.5 Å². The maximum Gasteiger partial charge on any atom is 0.379 e. The van der Waals surface area contributed by atoms with Crippen LogP contribution in [0.3, 0.4) is 0 Å². The second kappa shape index (κ2) is 7.31. The second-order valence-electron chi connectivity index (χ2n) is 5.14. The molecule has 0 bridgehead atoms. The largest absolute Gasteiger partial charge is 0.457 e. The minimum absolute atomic E-state index is 0.0607. The number of aromatic nitrogens is 1. The number of benzene rings is 1. The fourth-order valence-electron chi connectivity index (χ4n) is 2.17. The topological polar surface area (TPSA) is 72.3 Å². The number of halogens is 3. The van der Waals surface area contributed by atoms with Gasteiger partial charge in [-0.25, -0.2) is 4.79 Å². The Morgan fingerprint density at radius 1 is 1.12 bits per heavy atom. The third-order valence-electron chi connectivity index (χ3n) is 3.37. The number of hydrogen-bond donors (Lipinski definition) is 1. The van der Waals surface area contributed by atoms with Crippen LogP contribution >= 0.6 is 47.8 Å². The highest BCUT2D eigenvalue weighted by molar-refractivity contribution is 9.14. The SMILES string of the molecule is Cc1ccc(OC(=O)c2ccco2)c(C(=O)c2[nH]c(Br)c(Br)c2Br)c1. The minimum atomic E-state index is -0.671. The number of furan rings is 1. The Morgan fingerprint density at radius 2 is 1.88 bits per heavy atom. The van der Waals surface area contributed by atoms with Crippen LogP contribution in [0.25, 0.3) is 0 Å². The van der Waals surface area contributed by atoms with Gasteiger partial charge >= 0.3 is 5.97 Å². The van der Waals surface area contributed by atoms with E-state index in [1.165, 1.54) is 12.3 Å². The third kappa shape index (κ3) is 3.65. The van der Waals surface area contributed by atoms with Crippen LogP contribution in [0.5, 0.6) is 5.75 Å². The fraction of sp³-hybridized carbons (Fsp3) is 0.0588. The summed E-state index contributed by atoms with van der Waals surface area (Å²) < 4.78 is 12.3. The van der Waals surface area contributed by atoms with E-state index < -0.39 is 5.97 Å². The molecule has 5 nitrogen and oxygen atoms in total. The second-order valence-corrected chi connectivity index (χ2v) is 7.52. The monoisotopic (exact) mass is 529 g/mol. The van der Waals surface area contributed by atoms with Crippen LogP contribution in [0.15, 0.2) is 54.6 Å². The van der Waals surface area contributed by atoms with Crippen molar-refractivity contribution < 1.29 is 18.7 Å². The molecule has 0 fully saturated rings. The van der Waals surface area contributed by atoms with Crippen LogP contribution in [0.1, 0.15) is 32.2 Å². The lowest BCUT2D eigenvalue weighted by Gasteiger charge is -2.09. The Hall–Kier alpha value is -1.64. The van der Waals surface area contributed by atoms with E-state index in [1.54, 1.807) is 24.3 Å². The average molecular weight is 532 g/mol. The Morgan fingerprint density at radius 3 is 2.48 bits per heavy atom. The zero-order valence-electron chi connectivity index (χ0n) is 12.7. The Bertz CT molecular complexity index is 961. The molecule has 3 aromatic rings. The first-order valence-electron chi connectivity index (χ1n) is 7.02. The number of esters is 1. The maximum atomic E-state index is 13.0. The molecule has 25 heavy (non-hydrogen) atoms. The molecule has 0 radical (unpaired) electrons. The summed E-state index contributed by atoms with van der Waals surface area (Å²) in [4.78, 5) is 28.0. The van der Waals surface area contributed by atoms with Crippen molar-refractivity contribution in [2.45, 2.75) is 6.92 Å². The van der Waals surface area contributed by atoms with Gasteiger partial charge in [-0.2, -0.15) is 0 Å². The maximum absolute atomic E-state index is 13.0. The van der Waals surface area contributed by atoms with Gasteiger partial charge in [0.1, 0.15) is 11.4 Å². The molecule has 0 aliphatic rings. The highest BCUT2D eigenvalue weighted by atomic mass is 79.9. The van der Waals surface area contributed by atoms with Crippen molar-refractivity contribution in [2.75, 3.05) is 0 Å².